The number of pyridine rings is 1. The lowest BCUT2D eigenvalue weighted by Crippen LogP contribution is -2.40. The van der Waals surface area contributed by atoms with Gasteiger partial charge in [0.2, 0.25) is 6.54 Å². The molecule has 2 aliphatic carbocycles. The third-order valence-electron chi connectivity index (χ3n) is 5.21. The molecule has 0 saturated carbocycles. The third kappa shape index (κ3) is 3.32. The zero-order valence-corrected chi connectivity index (χ0v) is 15.1. The van der Waals surface area contributed by atoms with Gasteiger partial charge in [-0.1, -0.05) is 0 Å². The zero-order valence-electron chi connectivity index (χ0n) is 14.3. The number of hydrogen-bond donors (Lipinski definition) is 1. The molecule has 25 heavy (non-hydrogen) atoms. The van der Waals surface area contributed by atoms with Gasteiger partial charge in [-0.2, -0.15) is 9.83 Å². The summed E-state index contributed by atoms with van der Waals surface area (Å²) in [6, 6.07) is 4.45. The molecule has 0 aromatic carbocycles. The van der Waals surface area contributed by atoms with E-state index in [-0.39, 0.29) is 5.91 Å². The van der Waals surface area contributed by atoms with E-state index in [0.717, 1.165) is 42.7 Å². The molecule has 0 radical (unpaired) electrons. The Morgan fingerprint density at radius 2 is 1.92 bits per heavy atom. The van der Waals surface area contributed by atoms with Crippen LogP contribution in [0.3, 0.4) is 0 Å². The third-order valence-corrected chi connectivity index (χ3v) is 6.41. The molecule has 2 heterocycles. The van der Waals surface area contributed by atoms with E-state index in [1.54, 1.807) is 11.3 Å². The number of hydrogen-bond acceptors (Lipinski definition) is 3. The van der Waals surface area contributed by atoms with Crippen molar-refractivity contribution in [2.75, 3.05) is 5.32 Å². The number of nitrogens with one attached hydrogen (secondary N) is 1. The largest absolute Gasteiger partial charge is 0.311 e. The van der Waals surface area contributed by atoms with Gasteiger partial charge in [-0.3, -0.25) is 4.79 Å². The lowest BCUT2D eigenvalue weighted by Gasteiger charge is -2.13. The Bertz CT molecular complexity index is 863. The first-order valence-electron chi connectivity index (χ1n) is 9.10. The van der Waals surface area contributed by atoms with Gasteiger partial charge < -0.3 is 5.32 Å². The van der Waals surface area contributed by atoms with Crippen molar-refractivity contribution in [3.05, 3.63) is 45.6 Å². The number of aromatic nitrogens is 1. The molecule has 2 aromatic rings. The molecule has 2 aromatic heterocycles. The van der Waals surface area contributed by atoms with Gasteiger partial charge in [-0.25, -0.2) is 0 Å². The Hall–Kier alpha value is -2.19. The second-order valence-electron chi connectivity index (χ2n) is 6.95. The number of aryl methyl sites for hydroxylation is 3. The molecule has 1 N–H and O–H groups in total. The summed E-state index contributed by atoms with van der Waals surface area (Å²) in [5, 5.41) is 13.2. The smallest absolute Gasteiger partial charge is 0.290 e. The van der Waals surface area contributed by atoms with Gasteiger partial charge in [-0.05, 0) is 62.5 Å². The molecule has 0 saturated heterocycles. The van der Waals surface area contributed by atoms with Crippen molar-refractivity contribution in [2.24, 2.45) is 0 Å². The molecule has 0 atom stereocenters. The van der Waals surface area contributed by atoms with E-state index in [2.05, 4.69) is 23.6 Å². The Balaban J connectivity index is 1.49. The zero-order chi connectivity index (χ0) is 17.2. The number of anilines is 1. The topological polar surface area (TPSA) is 56.8 Å². The summed E-state index contributed by atoms with van der Waals surface area (Å²) in [5.41, 5.74) is 4.63. The summed E-state index contributed by atoms with van der Waals surface area (Å²) in [6.45, 7) is 0.292. The van der Waals surface area contributed by atoms with Gasteiger partial charge in [0.1, 0.15) is 11.1 Å². The highest BCUT2D eigenvalue weighted by Gasteiger charge is 2.23. The molecular weight excluding hydrogens is 330 g/mol. The fourth-order valence-corrected chi connectivity index (χ4v) is 5.18. The molecule has 1 amide bonds. The van der Waals surface area contributed by atoms with E-state index in [1.165, 1.54) is 35.3 Å². The van der Waals surface area contributed by atoms with Gasteiger partial charge in [0.05, 0.1) is 5.56 Å². The number of carbonyl (C=O) groups excluding carboxylic acids is 1. The van der Waals surface area contributed by atoms with Crippen molar-refractivity contribution in [3.8, 4) is 6.07 Å². The van der Waals surface area contributed by atoms with Crippen molar-refractivity contribution >= 4 is 22.2 Å². The SMILES string of the molecule is N#Cc1c(NC(=O)C[n+]2ccc3c(c2)CCCC3)sc2c1CCCC2. The summed E-state index contributed by atoms with van der Waals surface area (Å²) >= 11 is 1.58. The van der Waals surface area contributed by atoms with Crippen LogP contribution in [-0.4, -0.2) is 5.91 Å². The van der Waals surface area contributed by atoms with Crippen LogP contribution in [0.5, 0.6) is 0 Å². The second kappa shape index (κ2) is 6.97. The van der Waals surface area contributed by atoms with Crippen LogP contribution in [0.1, 0.15) is 52.8 Å². The van der Waals surface area contributed by atoms with Crippen LogP contribution < -0.4 is 9.88 Å². The van der Waals surface area contributed by atoms with Crippen LogP contribution >= 0.6 is 11.3 Å². The molecule has 128 valence electrons. The van der Waals surface area contributed by atoms with Gasteiger partial charge in [0.15, 0.2) is 12.4 Å². The van der Waals surface area contributed by atoms with E-state index in [0.29, 0.717) is 12.1 Å². The number of amides is 1. The molecule has 0 bridgehead atoms. The maximum atomic E-state index is 12.5. The van der Waals surface area contributed by atoms with E-state index in [9.17, 15) is 10.1 Å². The van der Waals surface area contributed by atoms with Crippen LogP contribution in [-0.2, 0) is 37.0 Å². The highest BCUT2D eigenvalue weighted by Crippen LogP contribution is 2.37. The number of rotatable bonds is 3. The molecule has 0 aliphatic heterocycles. The van der Waals surface area contributed by atoms with E-state index < -0.39 is 0 Å². The number of nitriles is 1. The predicted molar refractivity (Wildman–Crippen MR) is 97.6 cm³/mol. The van der Waals surface area contributed by atoms with Crippen molar-refractivity contribution in [1.82, 2.24) is 0 Å². The Kier molecular flexibility index (Phi) is 4.54. The van der Waals surface area contributed by atoms with Crippen molar-refractivity contribution in [3.63, 3.8) is 0 Å². The minimum absolute atomic E-state index is 0.0594. The number of fused-ring (bicyclic) bond motifs is 2. The Morgan fingerprint density at radius 3 is 2.76 bits per heavy atom. The van der Waals surface area contributed by atoms with Crippen molar-refractivity contribution < 1.29 is 9.36 Å². The van der Waals surface area contributed by atoms with Gasteiger partial charge in [-0.15, -0.1) is 11.3 Å². The number of nitrogens with zero attached hydrogens (tertiary/aromatic N) is 2. The molecule has 4 nitrogen and oxygen atoms in total. The lowest BCUT2D eigenvalue weighted by atomic mass is 9.93. The van der Waals surface area contributed by atoms with Crippen molar-refractivity contribution in [1.29, 1.82) is 5.26 Å². The standard InChI is InChI=1S/C20H21N3OS/c21-11-17-16-7-3-4-8-18(16)25-20(17)22-19(24)13-23-10-9-14-5-1-2-6-15(14)12-23/h9-10,12H,1-8,13H2/p+1. The summed E-state index contributed by atoms with van der Waals surface area (Å²) < 4.78 is 1.96. The molecule has 0 fully saturated rings. The first-order chi connectivity index (χ1) is 12.2. The van der Waals surface area contributed by atoms with E-state index >= 15 is 0 Å². The Labute approximate surface area is 152 Å². The number of carbonyl (C=O) groups is 1. The molecular formula is C20H22N3OS+. The molecule has 4 rings (SSSR count). The number of thiophene rings is 1. The quantitative estimate of drug-likeness (QED) is 0.862. The highest BCUT2D eigenvalue weighted by atomic mass is 32.1. The normalized spacial score (nSPS) is 15.8. The second-order valence-corrected chi connectivity index (χ2v) is 8.05. The maximum absolute atomic E-state index is 12.5. The van der Waals surface area contributed by atoms with Crippen molar-refractivity contribution in [2.45, 2.75) is 57.9 Å². The van der Waals surface area contributed by atoms with Gasteiger partial charge in [0.25, 0.3) is 5.91 Å². The molecule has 2 aliphatic rings. The fourth-order valence-electron chi connectivity index (χ4n) is 3.92. The van der Waals surface area contributed by atoms with Crippen LogP contribution in [0, 0.1) is 11.3 Å². The monoisotopic (exact) mass is 352 g/mol. The average molecular weight is 352 g/mol. The van der Waals surface area contributed by atoms with Gasteiger partial charge in [0, 0.05) is 16.5 Å². The summed E-state index contributed by atoms with van der Waals surface area (Å²) in [6.07, 6.45) is 13.2. The summed E-state index contributed by atoms with van der Waals surface area (Å²) in [4.78, 5) is 13.8. The van der Waals surface area contributed by atoms with Crippen LogP contribution in [0.15, 0.2) is 18.5 Å². The minimum Gasteiger partial charge on any atom is -0.311 e. The van der Waals surface area contributed by atoms with E-state index in [4.69, 9.17) is 0 Å². The predicted octanol–water partition coefficient (Wildman–Crippen LogP) is 3.30. The molecule has 5 heteroatoms. The van der Waals surface area contributed by atoms with Gasteiger partial charge >= 0.3 is 0 Å². The fraction of sp³-hybridized carbons (Fsp3) is 0.450. The first kappa shape index (κ1) is 16.3. The van der Waals surface area contributed by atoms with E-state index in [1.807, 2.05) is 10.8 Å². The highest BCUT2D eigenvalue weighted by molar-refractivity contribution is 7.16. The molecule has 0 spiro atoms. The Morgan fingerprint density at radius 1 is 1.16 bits per heavy atom. The summed E-state index contributed by atoms with van der Waals surface area (Å²) in [5.74, 6) is -0.0594. The maximum Gasteiger partial charge on any atom is 0.290 e. The van der Waals surface area contributed by atoms with Crippen LogP contribution in [0.25, 0.3) is 0 Å². The lowest BCUT2D eigenvalue weighted by molar-refractivity contribution is -0.684. The van der Waals surface area contributed by atoms with Crippen LogP contribution in [0.2, 0.25) is 0 Å². The van der Waals surface area contributed by atoms with Crippen LogP contribution in [0.4, 0.5) is 5.00 Å². The first-order valence-corrected chi connectivity index (χ1v) is 9.91. The minimum atomic E-state index is -0.0594. The average Bonchev–Trinajstić information content (AvgIpc) is 2.98. The summed E-state index contributed by atoms with van der Waals surface area (Å²) in [7, 11) is 0. The molecule has 0 unspecified atom stereocenters.